The van der Waals surface area contributed by atoms with E-state index in [1.165, 1.54) is 155 Å². The first-order valence-electron chi connectivity index (χ1n) is 41.0. The average Bonchev–Trinajstić information content (AvgIpc) is 1.58. The van der Waals surface area contributed by atoms with E-state index >= 15 is 0 Å². The fraction of sp³-hybridized carbons (Fsp3) is 0.0526. The lowest BCUT2D eigenvalue weighted by atomic mass is 9.82. The molecular weight excluding hydrogens is 1430 g/mol. The summed E-state index contributed by atoms with van der Waals surface area (Å²) < 4.78 is 4.78. The summed E-state index contributed by atoms with van der Waals surface area (Å²) in [4.78, 5) is 4.86. The van der Waals surface area contributed by atoms with Gasteiger partial charge in [0.25, 0.3) is 0 Å². The second-order valence-electron chi connectivity index (χ2n) is 32.4. The average molecular weight is 1510 g/mol. The maximum Gasteiger partial charge on any atom is 0.0541 e. The molecule has 0 unspecified atom stereocenters. The molecule has 0 spiro atoms. The number of nitrogens with zero attached hydrogens (tertiary/aromatic N) is 4. The number of rotatable bonds is 14. The molecule has 0 saturated carbocycles. The van der Waals surface area contributed by atoms with Gasteiger partial charge in [0.15, 0.2) is 0 Å². The van der Waals surface area contributed by atoms with Crippen LogP contribution in [0.3, 0.4) is 0 Å². The summed E-state index contributed by atoms with van der Waals surface area (Å²) in [5.74, 6) is 0. The number of fused-ring (bicyclic) bond motifs is 12. The van der Waals surface area contributed by atoms with E-state index in [0.29, 0.717) is 0 Å². The van der Waals surface area contributed by atoms with Crippen molar-refractivity contribution in [3.05, 3.63) is 459 Å². The van der Waals surface area contributed by atoms with Crippen LogP contribution in [0.1, 0.15) is 49.9 Å². The Morgan fingerprint density at radius 1 is 0.178 bits per heavy atom. The van der Waals surface area contributed by atoms with Crippen LogP contribution in [0.4, 0.5) is 34.1 Å². The molecule has 2 heterocycles. The highest BCUT2D eigenvalue weighted by Crippen LogP contribution is 2.54. The zero-order chi connectivity index (χ0) is 79.0. The fourth-order valence-corrected chi connectivity index (χ4v) is 18.9. The van der Waals surface area contributed by atoms with Gasteiger partial charge in [-0.25, -0.2) is 0 Å². The highest BCUT2D eigenvalue weighted by Gasteiger charge is 2.38. The van der Waals surface area contributed by atoms with Gasteiger partial charge in [-0.1, -0.05) is 349 Å². The maximum atomic E-state index is 2.44. The minimum absolute atomic E-state index is 0.110. The van der Waals surface area contributed by atoms with Gasteiger partial charge in [0.1, 0.15) is 0 Å². The van der Waals surface area contributed by atoms with Crippen molar-refractivity contribution in [2.45, 2.75) is 38.5 Å². The summed E-state index contributed by atoms with van der Waals surface area (Å²) >= 11 is 0. The lowest BCUT2D eigenvalue weighted by Gasteiger charge is -2.30. The van der Waals surface area contributed by atoms with Crippen molar-refractivity contribution in [2.75, 3.05) is 9.80 Å². The molecule has 22 rings (SSSR count). The molecule has 18 aromatic carbocycles. The summed E-state index contributed by atoms with van der Waals surface area (Å²) in [5, 5.41) is 5.07. The van der Waals surface area contributed by atoms with Gasteiger partial charge in [0.05, 0.1) is 27.8 Å². The monoisotopic (exact) mass is 1510 g/mol. The molecule has 0 N–H and O–H groups in total. The standard InChI is InChI=1S/2C57H42N2/c1-57(2)52-23-10-6-20-48(52)49-36-35-46(38-53(49)57)58(54-24-11-7-19-47(54)42-29-27-40(28-30-42)39-15-4-3-5-16-39)44-33-31-41(32-34-44)43-17-14-18-45(37-43)59-55-25-12-8-21-50(55)51-22-9-13-26-56(51)59;1-57(2)53-23-9-6-20-49(53)50-35-34-48(38-54(50)57)58(46-18-12-16-43(36-46)41-28-26-40(27-29-41)39-14-4-3-5-15-39)45-32-30-42(31-33-45)44-17-13-19-47(37-44)59-55-24-10-7-21-51(55)52-22-8-11-25-56(52)59/h2*3-38H,1-2H3. The van der Waals surface area contributed by atoms with Crippen molar-refractivity contribution in [3.8, 4) is 100 Å². The first-order valence-corrected chi connectivity index (χ1v) is 41.0. The van der Waals surface area contributed by atoms with Crippen molar-refractivity contribution >= 4 is 77.7 Å². The Morgan fingerprint density at radius 2 is 0.466 bits per heavy atom. The number of benzene rings is 18. The summed E-state index contributed by atoms with van der Waals surface area (Å²) in [5.41, 5.74) is 38.7. The first kappa shape index (κ1) is 71.0. The normalized spacial score (nSPS) is 12.7. The van der Waals surface area contributed by atoms with Crippen molar-refractivity contribution in [1.82, 2.24) is 9.13 Å². The quantitative estimate of drug-likeness (QED) is 0.108. The van der Waals surface area contributed by atoms with Gasteiger partial charge in [0.2, 0.25) is 0 Å². The summed E-state index contributed by atoms with van der Waals surface area (Å²) in [6.07, 6.45) is 0. The number of aromatic nitrogens is 2. The van der Waals surface area contributed by atoms with Crippen LogP contribution < -0.4 is 9.80 Å². The molecule has 0 atom stereocenters. The SMILES string of the molecule is CC1(C)c2ccccc2-c2ccc(N(c3ccc(-c4cccc(-n5c6ccccc6c6ccccc65)c4)cc3)c3cccc(-c4ccc(-c5ccccc5)cc4)c3)cc21.CC1(C)c2ccccc2-c2ccc(N(c3ccc(-c4cccc(-n5c6ccccc6c6ccccc65)c4)cc3)c3ccccc3-c3ccc(-c4ccccc4)cc3)cc21. The number of para-hydroxylation sites is 5. The number of hydrogen-bond acceptors (Lipinski definition) is 2. The third kappa shape index (κ3) is 12.4. The van der Waals surface area contributed by atoms with E-state index in [0.717, 1.165) is 45.5 Å². The van der Waals surface area contributed by atoms with Crippen LogP contribution in [-0.2, 0) is 10.8 Å². The van der Waals surface area contributed by atoms with Gasteiger partial charge >= 0.3 is 0 Å². The van der Waals surface area contributed by atoms with Gasteiger partial charge in [-0.3, -0.25) is 0 Å². The lowest BCUT2D eigenvalue weighted by molar-refractivity contribution is 0.660. The van der Waals surface area contributed by atoms with Gasteiger partial charge in [-0.05, 0) is 221 Å². The molecule has 4 heteroatoms. The molecule has 118 heavy (non-hydrogen) atoms. The highest BCUT2D eigenvalue weighted by atomic mass is 15.2. The molecule has 0 fully saturated rings. The Bertz CT molecular complexity index is 7100. The summed E-state index contributed by atoms with van der Waals surface area (Å²) in [7, 11) is 0. The van der Waals surface area contributed by atoms with Crippen LogP contribution in [0.2, 0.25) is 0 Å². The van der Waals surface area contributed by atoms with E-state index in [1.807, 2.05) is 0 Å². The van der Waals surface area contributed by atoms with Gasteiger partial charge in [-0.15, -0.1) is 0 Å². The van der Waals surface area contributed by atoms with E-state index in [1.54, 1.807) is 0 Å². The van der Waals surface area contributed by atoms with E-state index < -0.39 is 0 Å². The van der Waals surface area contributed by atoms with E-state index in [9.17, 15) is 0 Å². The van der Waals surface area contributed by atoms with Crippen LogP contribution in [0.5, 0.6) is 0 Å². The molecule has 0 saturated heterocycles. The molecular formula is C114H84N4. The Morgan fingerprint density at radius 3 is 0.907 bits per heavy atom. The number of anilines is 6. The first-order chi connectivity index (χ1) is 58.0. The van der Waals surface area contributed by atoms with E-state index in [-0.39, 0.29) is 10.8 Å². The predicted octanol–water partition coefficient (Wildman–Crippen LogP) is 31.1. The van der Waals surface area contributed by atoms with Crippen molar-refractivity contribution in [1.29, 1.82) is 0 Å². The van der Waals surface area contributed by atoms with Gasteiger partial charge < -0.3 is 18.9 Å². The largest absolute Gasteiger partial charge is 0.310 e. The smallest absolute Gasteiger partial charge is 0.0541 e. The molecule has 0 aliphatic heterocycles. The molecule has 0 radical (unpaired) electrons. The molecule has 4 nitrogen and oxygen atoms in total. The van der Waals surface area contributed by atoms with Crippen molar-refractivity contribution in [2.24, 2.45) is 0 Å². The second kappa shape index (κ2) is 29.2. The van der Waals surface area contributed by atoms with Crippen LogP contribution in [0.15, 0.2) is 437 Å². The summed E-state index contributed by atoms with van der Waals surface area (Å²) in [6.45, 7) is 9.42. The second-order valence-corrected chi connectivity index (χ2v) is 32.4. The van der Waals surface area contributed by atoms with Crippen molar-refractivity contribution in [3.63, 3.8) is 0 Å². The van der Waals surface area contributed by atoms with Gasteiger partial charge in [0, 0.05) is 77.8 Å². The topological polar surface area (TPSA) is 16.3 Å². The lowest BCUT2D eigenvalue weighted by Crippen LogP contribution is -2.16. The van der Waals surface area contributed by atoms with E-state index in [4.69, 9.17) is 0 Å². The zero-order valence-corrected chi connectivity index (χ0v) is 66.4. The Hall–Kier alpha value is -14.8. The summed E-state index contributed by atoms with van der Waals surface area (Å²) in [6, 6.07) is 160. The fourth-order valence-electron chi connectivity index (χ4n) is 18.9. The zero-order valence-electron chi connectivity index (χ0n) is 66.4. The minimum atomic E-state index is -0.119. The van der Waals surface area contributed by atoms with Crippen LogP contribution in [0, 0.1) is 0 Å². The molecule has 2 aliphatic rings. The molecule has 20 aromatic rings. The molecule has 2 aliphatic carbocycles. The van der Waals surface area contributed by atoms with Crippen molar-refractivity contribution < 1.29 is 0 Å². The van der Waals surface area contributed by atoms with E-state index in [2.05, 4.69) is 483 Å². The third-order valence-corrected chi connectivity index (χ3v) is 24.8. The number of hydrogen-bond donors (Lipinski definition) is 0. The Labute approximate surface area is 690 Å². The predicted molar refractivity (Wildman–Crippen MR) is 499 cm³/mol. The third-order valence-electron chi connectivity index (χ3n) is 24.8. The van der Waals surface area contributed by atoms with Gasteiger partial charge in [-0.2, -0.15) is 0 Å². The van der Waals surface area contributed by atoms with Crippen LogP contribution in [0.25, 0.3) is 144 Å². The Balaban J connectivity index is 0.000000147. The minimum Gasteiger partial charge on any atom is -0.310 e. The Kier molecular flexibility index (Phi) is 17.6. The molecule has 0 amide bonds. The van der Waals surface area contributed by atoms with Crippen LogP contribution >= 0.6 is 0 Å². The highest BCUT2D eigenvalue weighted by molar-refractivity contribution is 6.10. The van der Waals surface area contributed by atoms with Crippen LogP contribution in [-0.4, -0.2) is 9.13 Å². The molecule has 560 valence electrons. The molecule has 0 bridgehead atoms. The molecule has 2 aromatic heterocycles. The maximum absolute atomic E-state index is 2.44.